The second kappa shape index (κ2) is 12.0. The van der Waals surface area contributed by atoms with Crippen LogP contribution in [0.2, 0.25) is 0 Å². The van der Waals surface area contributed by atoms with Crippen molar-refractivity contribution in [3.63, 3.8) is 0 Å². The average Bonchev–Trinajstić information content (AvgIpc) is 2.67. The maximum atomic E-state index is 12.5. The van der Waals surface area contributed by atoms with E-state index in [1.807, 2.05) is 4.72 Å². The second-order valence-corrected chi connectivity index (χ2v) is 10.3. The normalized spacial score (nSPS) is 13.3. The number of nitrogens with two attached hydrogens (primary N) is 1. The Morgan fingerprint density at radius 3 is 2.23 bits per heavy atom. The van der Waals surface area contributed by atoms with Crippen LogP contribution in [0.1, 0.15) is 44.9 Å². The van der Waals surface area contributed by atoms with Crippen LogP contribution < -0.4 is 9.86 Å². The molecule has 0 aliphatic heterocycles. The summed E-state index contributed by atoms with van der Waals surface area (Å²) in [7, 11) is -6.68. The third-order valence-corrected chi connectivity index (χ3v) is 7.17. The van der Waals surface area contributed by atoms with Crippen LogP contribution >= 0.6 is 0 Å². The molecule has 14 heteroatoms. The molecule has 1 aromatic carbocycles. The lowest BCUT2D eigenvalue weighted by atomic mass is 10.1. The van der Waals surface area contributed by atoms with Gasteiger partial charge in [0.15, 0.2) is 4.90 Å². The van der Waals surface area contributed by atoms with Gasteiger partial charge >= 0.3 is 5.97 Å². The predicted molar refractivity (Wildman–Crippen MR) is 113 cm³/mol. The van der Waals surface area contributed by atoms with E-state index in [1.165, 1.54) is 19.2 Å². The number of carboxylic acid groups (broad SMARTS) is 1. The molecule has 0 heterocycles. The smallest absolute Gasteiger partial charge is 0.321 e. The van der Waals surface area contributed by atoms with Gasteiger partial charge in [0.25, 0.3) is 15.9 Å². The zero-order valence-corrected chi connectivity index (χ0v) is 18.8. The van der Waals surface area contributed by atoms with Gasteiger partial charge in [-0.3, -0.25) is 14.9 Å². The van der Waals surface area contributed by atoms with Crippen molar-refractivity contribution in [2.45, 2.75) is 55.9 Å². The number of nitro benzene ring substituents is 1. The molecule has 31 heavy (non-hydrogen) atoms. The fraction of sp³-hybridized carbons (Fsp3) is 0.588. The highest BCUT2D eigenvalue weighted by molar-refractivity contribution is 7.89. The number of benzene rings is 1. The summed E-state index contributed by atoms with van der Waals surface area (Å²) < 4.78 is 50.2. The predicted octanol–water partition coefficient (Wildman–Crippen LogP) is 1.19. The maximum Gasteiger partial charge on any atom is 0.321 e. The number of para-hydroxylation sites is 1. The summed E-state index contributed by atoms with van der Waals surface area (Å²) in [6.07, 6.45) is 4.10. The molecule has 0 aromatic heterocycles. The average molecular weight is 481 g/mol. The molecule has 0 spiro atoms. The number of carboxylic acids is 1. The molecule has 0 saturated heterocycles. The van der Waals surface area contributed by atoms with Gasteiger partial charge in [-0.1, -0.05) is 44.2 Å². The zero-order valence-electron chi connectivity index (χ0n) is 17.1. The van der Waals surface area contributed by atoms with Crippen LogP contribution in [-0.2, 0) is 25.0 Å². The molecule has 1 rings (SSSR count). The lowest BCUT2D eigenvalue weighted by Crippen LogP contribution is -2.40. The molecule has 1 aromatic rings. The molecule has 0 fully saturated rings. The second-order valence-electron chi connectivity index (χ2n) is 7.01. The molecular weight excluding hydrogens is 452 g/mol. The molecule has 176 valence electrons. The Morgan fingerprint density at radius 2 is 1.68 bits per heavy atom. The molecular formula is C17H28N4O8S2. The largest absolute Gasteiger partial charge is 0.480 e. The van der Waals surface area contributed by atoms with E-state index >= 15 is 0 Å². The number of unbranched alkanes of at least 4 members (excludes halogenated alkanes) is 5. The van der Waals surface area contributed by atoms with Crippen molar-refractivity contribution in [3.8, 4) is 0 Å². The molecule has 0 saturated carbocycles. The molecule has 0 aliphatic rings. The Hall–Kier alpha value is -2.13. The Labute approximate surface area is 181 Å². The highest BCUT2D eigenvalue weighted by atomic mass is 32.2. The Bertz CT molecular complexity index is 966. The van der Waals surface area contributed by atoms with Gasteiger partial charge in [0.1, 0.15) is 6.04 Å². The first-order valence-corrected chi connectivity index (χ1v) is 12.6. The van der Waals surface area contributed by atoms with Gasteiger partial charge in [0.2, 0.25) is 10.0 Å². The first-order valence-electron chi connectivity index (χ1n) is 9.59. The Morgan fingerprint density at radius 1 is 1.13 bits per heavy atom. The van der Waals surface area contributed by atoms with Gasteiger partial charge in [0, 0.05) is 19.7 Å². The van der Waals surface area contributed by atoms with E-state index in [9.17, 15) is 36.9 Å². The number of nitrogens with zero attached hydrogens (tertiary/aromatic N) is 2. The van der Waals surface area contributed by atoms with Gasteiger partial charge < -0.3 is 5.11 Å². The number of carbonyl (C=O) groups is 1. The zero-order chi connectivity index (χ0) is 23.7. The van der Waals surface area contributed by atoms with E-state index in [-0.39, 0.29) is 6.42 Å². The van der Waals surface area contributed by atoms with Gasteiger partial charge in [0.05, 0.1) is 4.92 Å². The minimum absolute atomic E-state index is 0.0311. The summed E-state index contributed by atoms with van der Waals surface area (Å²) in [6, 6.07) is 3.31. The summed E-state index contributed by atoms with van der Waals surface area (Å²) >= 11 is 0. The standard InChI is InChI=1S/C17H28N4O8S2/c1-20(31(18,28)29)13-9-5-3-2-4-6-10-14(17(22)23)19-30(26,27)16-12-8-7-11-15(16)21(24)25/h7-8,11-12,14,19H,2-6,9-10,13H2,1H3,(H,22,23)(H2,18,28,29)/t14-/m0/s1. The van der Waals surface area contributed by atoms with Crippen molar-refractivity contribution < 1.29 is 31.7 Å². The third-order valence-electron chi connectivity index (χ3n) is 4.60. The SMILES string of the molecule is CN(CCCCCCCC[C@H](NS(=O)(=O)c1ccccc1[N+](=O)[O-])C(=O)O)S(N)(=O)=O. The van der Waals surface area contributed by atoms with Crippen molar-refractivity contribution in [3.05, 3.63) is 34.4 Å². The summed E-state index contributed by atoms with van der Waals surface area (Å²) in [5, 5.41) is 25.4. The molecule has 0 bridgehead atoms. The number of hydrogen-bond acceptors (Lipinski definition) is 7. The topological polar surface area (TPSA) is 190 Å². The minimum Gasteiger partial charge on any atom is -0.480 e. The van der Waals surface area contributed by atoms with Crippen molar-refractivity contribution in [2.24, 2.45) is 5.14 Å². The first-order chi connectivity index (χ1) is 14.4. The van der Waals surface area contributed by atoms with Crippen LogP contribution in [0.3, 0.4) is 0 Å². The Kier molecular flexibility index (Phi) is 10.5. The number of nitro groups is 1. The minimum atomic E-state index is -4.39. The molecule has 0 unspecified atom stereocenters. The lowest BCUT2D eigenvalue weighted by molar-refractivity contribution is -0.387. The van der Waals surface area contributed by atoms with E-state index in [1.54, 1.807) is 0 Å². The van der Waals surface area contributed by atoms with E-state index < -0.39 is 47.7 Å². The van der Waals surface area contributed by atoms with Crippen LogP contribution in [-0.4, -0.2) is 56.8 Å². The monoisotopic (exact) mass is 480 g/mol. The lowest BCUT2D eigenvalue weighted by Gasteiger charge is -2.15. The number of aliphatic carboxylic acids is 1. The highest BCUT2D eigenvalue weighted by Gasteiger charge is 2.30. The molecule has 0 amide bonds. The van der Waals surface area contributed by atoms with E-state index in [0.29, 0.717) is 25.8 Å². The van der Waals surface area contributed by atoms with Gasteiger partial charge in [-0.05, 0) is 18.9 Å². The molecule has 0 radical (unpaired) electrons. The van der Waals surface area contributed by atoms with Crippen molar-refractivity contribution in [1.29, 1.82) is 0 Å². The van der Waals surface area contributed by atoms with Crippen LogP contribution in [0, 0.1) is 10.1 Å². The summed E-state index contributed by atoms with van der Waals surface area (Å²) in [5.74, 6) is -1.37. The van der Waals surface area contributed by atoms with Crippen molar-refractivity contribution >= 4 is 31.9 Å². The molecule has 12 nitrogen and oxygen atoms in total. The number of rotatable bonds is 15. The summed E-state index contributed by atoms with van der Waals surface area (Å²) in [5.41, 5.74) is -0.632. The highest BCUT2D eigenvalue weighted by Crippen LogP contribution is 2.23. The quantitative estimate of drug-likeness (QED) is 0.189. The van der Waals surface area contributed by atoms with Gasteiger partial charge in [-0.25, -0.2) is 13.6 Å². The summed E-state index contributed by atoms with van der Waals surface area (Å²) in [4.78, 5) is 21.1. The fourth-order valence-corrected chi connectivity index (χ4v) is 4.62. The van der Waals surface area contributed by atoms with E-state index in [4.69, 9.17) is 5.14 Å². The number of sulfonamides is 1. The maximum absolute atomic E-state index is 12.5. The van der Waals surface area contributed by atoms with E-state index in [0.717, 1.165) is 35.7 Å². The fourth-order valence-electron chi connectivity index (χ4n) is 2.84. The van der Waals surface area contributed by atoms with Gasteiger partial charge in [-0.2, -0.15) is 17.4 Å². The van der Waals surface area contributed by atoms with Crippen molar-refractivity contribution in [2.75, 3.05) is 13.6 Å². The first kappa shape index (κ1) is 26.9. The third kappa shape index (κ3) is 9.26. The summed E-state index contributed by atoms with van der Waals surface area (Å²) in [6.45, 7) is 0.313. The number of nitrogens with one attached hydrogen (secondary N) is 1. The van der Waals surface area contributed by atoms with Crippen LogP contribution in [0.5, 0.6) is 0 Å². The Balaban J connectivity index is 2.49. The van der Waals surface area contributed by atoms with E-state index in [2.05, 4.69) is 0 Å². The van der Waals surface area contributed by atoms with Crippen LogP contribution in [0.25, 0.3) is 0 Å². The number of hydrogen-bond donors (Lipinski definition) is 3. The molecule has 0 aliphatic carbocycles. The molecule has 1 atom stereocenters. The van der Waals surface area contributed by atoms with Crippen molar-refractivity contribution in [1.82, 2.24) is 9.03 Å². The molecule has 4 N–H and O–H groups in total. The van der Waals surface area contributed by atoms with Crippen LogP contribution in [0.4, 0.5) is 5.69 Å². The van der Waals surface area contributed by atoms with Gasteiger partial charge in [-0.15, -0.1) is 0 Å². The van der Waals surface area contributed by atoms with Crippen LogP contribution in [0.15, 0.2) is 29.2 Å².